The van der Waals surface area contributed by atoms with Crippen molar-refractivity contribution in [1.29, 1.82) is 0 Å². The van der Waals surface area contributed by atoms with Gasteiger partial charge in [0.15, 0.2) is 0 Å². The monoisotopic (exact) mass is 205 g/mol. The van der Waals surface area contributed by atoms with Crippen LogP contribution in [0, 0.1) is 5.41 Å². The van der Waals surface area contributed by atoms with Gasteiger partial charge in [0, 0.05) is 30.3 Å². The summed E-state index contributed by atoms with van der Waals surface area (Å²) in [4.78, 5) is 8.93. The van der Waals surface area contributed by atoms with Crippen LogP contribution in [-0.4, -0.2) is 16.0 Å². The van der Waals surface area contributed by atoms with Crippen LogP contribution in [0.4, 0.5) is 0 Å². The Labute approximate surface area is 91.1 Å². The SMILES string of the molecule is CC(N)Cc1ccnc(C2CC2(C)C)n1. The Hall–Kier alpha value is -0.960. The fourth-order valence-corrected chi connectivity index (χ4v) is 1.93. The summed E-state index contributed by atoms with van der Waals surface area (Å²) in [7, 11) is 0. The maximum Gasteiger partial charge on any atom is 0.132 e. The summed E-state index contributed by atoms with van der Waals surface area (Å²) in [5.41, 5.74) is 7.22. The molecule has 2 N–H and O–H groups in total. The molecule has 1 aliphatic carbocycles. The maximum atomic E-state index is 5.76. The van der Waals surface area contributed by atoms with E-state index in [1.807, 2.05) is 19.2 Å². The van der Waals surface area contributed by atoms with Crippen LogP contribution in [0.25, 0.3) is 0 Å². The van der Waals surface area contributed by atoms with E-state index in [9.17, 15) is 0 Å². The Morgan fingerprint density at radius 2 is 2.27 bits per heavy atom. The fraction of sp³-hybridized carbons (Fsp3) is 0.667. The fourth-order valence-electron chi connectivity index (χ4n) is 1.93. The van der Waals surface area contributed by atoms with E-state index in [0.29, 0.717) is 11.3 Å². The van der Waals surface area contributed by atoms with Crippen molar-refractivity contribution >= 4 is 0 Å². The van der Waals surface area contributed by atoms with Crippen LogP contribution in [0.2, 0.25) is 0 Å². The third-order valence-corrected chi connectivity index (χ3v) is 3.09. The molecule has 0 aliphatic heterocycles. The summed E-state index contributed by atoms with van der Waals surface area (Å²) in [6.07, 6.45) is 3.89. The average Bonchev–Trinajstić information content (AvgIpc) is 2.74. The summed E-state index contributed by atoms with van der Waals surface area (Å²) >= 11 is 0. The highest BCUT2D eigenvalue weighted by Crippen LogP contribution is 2.57. The second-order valence-corrected chi connectivity index (χ2v) is 5.33. The third-order valence-electron chi connectivity index (χ3n) is 3.09. The zero-order chi connectivity index (χ0) is 11.1. The lowest BCUT2D eigenvalue weighted by atomic mass is 10.1. The van der Waals surface area contributed by atoms with Crippen molar-refractivity contribution in [1.82, 2.24) is 9.97 Å². The van der Waals surface area contributed by atoms with Crippen molar-refractivity contribution in [3.05, 3.63) is 23.8 Å². The van der Waals surface area contributed by atoms with E-state index >= 15 is 0 Å². The first-order chi connectivity index (χ1) is 6.99. The normalized spacial score (nSPS) is 24.9. The van der Waals surface area contributed by atoms with Gasteiger partial charge in [-0.15, -0.1) is 0 Å². The minimum Gasteiger partial charge on any atom is -0.328 e. The molecule has 0 saturated heterocycles. The molecule has 1 aromatic heterocycles. The van der Waals surface area contributed by atoms with Crippen LogP contribution < -0.4 is 5.73 Å². The largest absolute Gasteiger partial charge is 0.328 e. The van der Waals surface area contributed by atoms with Crippen LogP contribution in [0.15, 0.2) is 12.3 Å². The van der Waals surface area contributed by atoms with Gasteiger partial charge < -0.3 is 5.73 Å². The number of nitrogens with zero attached hydrogens (tertiary/aromatic N) is 2. The zero-order valence-electron chi connectivity index (χ0n) is 9.70. The molecule has 0 spiro atoms. The van der Waals surface area contributed by atoms with Crippen LogP contribution in [-0.2, 0) is 6.42 Å². The van der Waals surface area contributed by atoms with Crippen LogP contribution in [0.3, 0.4) is 0 Å². The summed E-state index contributed by atoms with van der Waals surface area (Å²) in [5.74, 6) is 1.55. The first-order valence-electron chi connectivity index (χ1n) is 5.56. The molecule has 0 radical (unpaired) electrons. The van der Waals surface area contributed by atoms with Crippen LogP contribution >= 0.6 is 0 Å². The van der Waals surface area contributed by atoms with E-state index < -0.39 is 0 Å². The number of rotatable bonds is 3. The number of nitrogens with two attached hydrogens (primary N) is 1. The van der Waals surface area contributed by atoms with Gasteiger partial charge in [0.1, 0.15) is 5.82 Å². The molecule has 3 heteroatoms. The molecular formula is C12H19N3. The minimum absolute atomic E-state index is 0.167. The smallest absolute Gasteiger partial charge is 0.132 e. The lowest BCUT2D eigenvalue weighted by Gasteiger charge is -2.06. The van der Waals surface area contributed by atoms with E-state index in [2.05, 4.69) is 23.8 Å². The molecule has 82 valence electrons. The zero-order valence-corrected chi connectivity index (χ0v) is 9.70. The van der Waals surface area contributed by atoms with E-state index in [-0.39, 0.29) is 6.04 Å². The number of hydrogen-bond acceptors (Lipinski definition) is 3. The van der Waals surface area contributed by atoms with Crippen LogP contribution in [0.5, 0.6) is 0 Å². The van der Waals surface area contributed by atoms with Gasteiger partial charge in [-0.25, -0.2) is 9.97 Å². The van der Waals surface area contributed by atoms with Crippen molar-refractivity contribution in [2.45, 2.75) is 45.6 Å². The van der Waals surface area contributed by atoms with E-state index in [1.165, 1.54) is 6.42 Å². The Balaban J connectivity index is 2.13. The predicted molar refractivity (Wildman–Crippen MR) is 60.5 cm³/mol. The Bertz CT molecular complexity index is 358. The summed E-state index contributed by atoms with van der Waals surface area (Å²) in [6, 6.07) is 2.13. The molecule has 1 aromatic rings. The standard InChI is InChI=1S/C12H19N3/c1-8(13)6-9-4-5-14-11(15-9)10-7-12(10,2)3/h4-5,8,10H,6-7,13H2,1-3H3. The van der Waals surface area contributed by atoms with E-state index in [1.54, 1.807) is 0 Å². The second-order valence-electron chi connectivity index (χ2n) is 5.33. The van der Waals surface area contributed by atoms with Gasteiger partial charge in [0.05, 0.1) is 0 Å². The van der Waals surface area contributed by atoms with E-state index in [4.69, 9.17) is 5.73 Å². The minimum atomic E-state index is 0.167. The van der Waals surface area contributed by atoms with Gasteiger partial charge in [0.2, 0.25) is 0 Å². The van der Waals surface area contributed by atoms with Gasteiger partial charge in [-0.05, 0) is 24.8 Å². The molecule has 0 aromatic carbocycles. The highest BCUT2D eigenvalue weighted by atomic mass is 14.9. The van der Waals surface area contributed by atoms with Gasteiger partial charge in [-0.1, -0.05) is 13.8 Å². The van der Waals surface area contributed by atoms with Crippen molar-refractivity contribution in [2.24, 2.45) is 11.1 Å². The Morgan fingerprint density at radius 3 is 2.80 bits per heavy atom. The average molecular weight is 205 g/mol. The van der Waals surface area contributed by atoms with Gasteiger partial charge in [0.25, 0.3) is 0 Å². The van der Waals surface area contributed by atoms with Crippen LogP contribution in [0.1, 0.15) is 44.6 Å². The van der Waals surface area contributed by atoms with Gasteiger partial charge in [-0.3, -0.25) is 0 Å². The molecule has 2 unspecified atom stereocenters. The van der Waals surface area contributed by atoms with E-state index in [0.717, 1.165) is 17.9 Å². The molecule has 2 rings (SSSR count). The summed E-state index contributed by atoms with van der Waals surface area (Å²) in [6.45, 7) is 6.53. The number of hydrogen-bond donors (Lipinski definition) is 1. The predicted octanol–water partition coefficient (Wildman–Crippen LogP) is 1.88. The molecule has 3 nitrogen and oxygen atoms in total. The molecule has 1 heterocycles. The van der Waals surface area contributed by atoms with Crippen molar-refractivity contribution in [3.8, 4) is 0 Å². The summed E-state index contributed by atoms with van der Waals surface area (Å²) < 4.78 is 0. The maximum absolute atomic E-state index is 5.76. The first-order valence-corrected chi connectivity index (χ1v) is 5.56. The topological polar surface area (TPSA) is 51.8 Å². The third kappa shape index (κ3) is 2.34. The van der Waals surface area contributed by atoms with Crippen molar-refractivity contribution < 1.29 is 0 Å². The van der Waals surface area contributed by atoms with Gasteiger partial charge >= 0.3 is 0 Å². The molecular weight excluding hydrogens is 186 g/mol. The molecule has 1 aliphatic rings. The Morgan fingerprint density at radius 1 is 1.60 bits per heavy atom. The molecule has 0 bridgehead atoms. The highest BCUT2D eigenvalue weighted by Gasteiger charge is 2.48. The Kier molecular flexibility index (Phi) is 2.51. The van der Waals surface area contributed by atoms with Gasteiger partial charge in [-0.2, -0.15) is 0 Å². The van der Waals surface area contributed by atoms with Crippen molar-refractivity contribution in [2.75, 3.05) is 0 Å². The lowest BCUT2D eigenvalue weighted by molar-refractivity contribution is 0.604. The molecule has 1 fully saturated rings. The highest BCUT2D eigenvalue weighted by molar-refractivity contribution is 5.17. The number of aromatic nitrogens is 2. The second kappa shape index (κ2) is 3.56. The quantitative estimate of drug-likeness (QED) is 0.819. The first kappa shape index (κ1) is 10.6. The molecule has 0 amide bonds. The lowest BCUT2D eigenvalue weighted by Crippen LogP contribution is -2.19. The molecule has 15 heavy (non-hydrogen) atoms. The summed E-state index contributed by atoms with van der Waals surface area (Å²) in [5, 5.41) is 0. The molecule has 1 saturated carbocycles. The van der Waals surface area contributed by atoms with Crippen molar-refractivity contribution in [3.63, 3.8) is 0 Å². The molecule has 2 atom stereocenters.